The molecule has 2 aromatic rings. The molecule has 0 spiro atoms. The van der Waals surface area contributed by atoms with Crippen LogP contribution in [0.2, 0.25) is 5.02 Å². The van der Waals surface area contributed by atoms with Crippen molar-refractivity contribution in [2.75, 3.05) is 13.1 Å². The van der Waals surface area contributed by atoms with Gasteiger partial charge in [0, 0.05) is 17.5 Å². The normalized spacial score (nSPS) is 22.7. The molecule has 1 nitrogen and oxygen atoms in total. The first-order valence-corrected chi connectivity index (χ1v) is 7.34. The number of rotatable bonds is 2. The Labute approximate surface area is 123 Å². The third kappa shape index (κ3) is 2.58. The van der Waals surface area contributed by atoms with Gasteiger partial charge in [-0.15, -0.1) is 0 Å². The van der Waals surface area contributed by atoms with Crippen molar-refractivity contribution in [3.63, 3.8) is 0 Å². The standard InChI is InChI=1S/C17H17ClFN/c18-16-7-3-1-5-13(16)15-11-20-10-9-12(15)14-6-2-4-8-17(14)19/h1-8,12,15,20H,9-11H2. The van der Waals surface area contributed by atoms with Crippen molar-refractivity contribution < 1.29 is 4.39 Å². The Morgan fingerprint density at radius 3 is 2.40 bits per heavy atom. The van der Waals surface area contributed by atoms with Gasteiger partial charge in [0.05, 0.1) is 0 Å². The van der Waals surface area contributed by atoms with Crippen molar-refractivity contribution in [2.45, 2.75) is 18.3 Å². The maximum atomic E-state index is 14.1. The molecule has 0 aromatic heterocycles. The van der Waals surface area contributed by atoms with Crippen LogP contribution >= 0.6 is 11.6 Å². The zero-order valence-electron chi connectivity index (χ0n) is 11.2. The molecule has 1 heterocycles. The van der Waals surface area contributed by atoms with Gasteiger partial charge in [0.15, 0.2) is 0 Å². The summed E-state index contributed by atoms with van der Waals surface area (Å²) in [6.07, 6.45) is 0.927. The van der Waals surface area contributed by atoms with Crippen LogP contribution in [0.3, 0.4) is 0 Å². The van der Waals surface area contributed by atoms with Gasteiger partial charge in [0.25, 0.3) is 0 Å². The van der Waals surface area contributed by atoms with E-state index >= 15 is 0 Å². The highest BCUT2D eigenvalue weighted by Crippen LogP contribution is 2.40. The van der Waals surface area contributed by atoms with Crippen molar-refractivity contribution >= 4 is 11.6 Å². The fourth-order valence-corrected chi connectivity index (χ4v) is 3.39. The molecule has 1 aliphatic heterocycles. The van der Waals surface area contributed by atoms with E-state index in [1.165, 1.54) is 0 Å². The molecule has 1 fully saturated rings. The Morgan fingerprint density at radius 2 is 1.65 bits per heavy atom. The van der Waals surface area contributed by atoms with Gasteiger partial charge in [0.1, 0.15) is 5.82 Å². The van der Waals surface area contributed by atoms with E-state index in [-0.39, 0.29) is 17.7 Å². The zero-order valence-corrected chi connectivity index (χ0v) is 11.9. The predicted molar refractivity (Wildman–Crippen MR) is 80.8 cm³/mol. The highest BCUT2D eigenvalue weighted by atomic mass is 35.5. The van der Waals surface area contributed by atoms with E-state index in [1.54, 1.807) is 12.1 Å². The SMILES string of the molecule is Fc1ccccc1C1CCNCC1c1ccccc1Cl. The molecule has 3 rings (SSSR count). The Morgan fingerprint density at radius 1 is 0.950 bits per heavy atom. The van der Waals surface area contributed by atoms with Gasteiger partial charge in [-0.05, 0) is 42.1 Å². The number of nitrogens with one attached hydrogen (secondary N) is 1. The van der Waals surface area contributed by atoms with Crippen LogP contribution in [0.25, 0.3) is 0 Å². The van der Waals surface area contributed by atoms with Gasteiger partial charge < -0.3 is 5.32 Å². The van der Waals surface area contributed by atoms with Crippen LogP contribution in [-0.4, -0.2) is 13.1 Å². The predicted octanol–water partition coefficient (Wildman–Crippen LogP) is 4.34. The third-order valence-electron chi connectivity index (χ3n) is 4.09. The summed E-state index contributed by atoms with van der Waals surface area (Å²) in [6.45, 7) is 1.75. The van der Waals surface area contributed by atoms with E-state index < -0.39 is 0 Å². The van der Waals surface area contributed by atoms with E-state index in [0.717, 1.165) is 35.7 Å². The lowest BCUT2D eigenvalue weighted by atomic mass is 9.77. The molecule has 2 unspecified atom stereocenters. The summed E-state index contributed by atoms with van der Waals surface area (Å²) in [7, 11) is 0. The number of piperidine rings is 1. The van der Waals surface area contributed by atoms with E-state index in [4.69, 9.17) is 11.6 Å². The van der Waals surface area contributed by atoms with Crippen LogP contribution in [0.5, 0.6) is 0 Å². The minimum atomic E-state index is -0.114. The lowest BCUT2D eigenvalue weighted by Crippen LogP contribution is -2.34. The smallest absolute Gasteiger partial charge is 0.126 e. The summed E-state index contributed by atoms with van der Waals surface area (Å²) in [5, 5.41) is 4.16. The highest BCUT2D eigenvalue weighted by molar-refractivity contribution is 6.31. The summed E-state index contributed by atoms with van der Waals surface area (Å²) in [6, 6.07) is 15.0. The molecule has 1 aliphatic rings. The van der Waals surface area contributed by atoms with Gasteiger partial charge in [-0.3, -0.25) is 0 Å². The van der Waals surface area contributed by atoms with Crippen molar-refractivity contribution in [1.29, 1.82) is 0 Å². The van der Waals surface area contributed by atoms with Gasteiger partial charge in [-0.2, -0.15) is 0 Å². The lowest BCUT2D eigenvalue weighted by Gasteiger charge is -2.33. The maximum Gasteiger partial charge on any atom is 0.126 e. The van der Waals surface area contributed by atoms with E-state index in [1.807, 2.05) is 36.4 Å². The molecule has 104 valence electrons. The van der Waals surface area contributed by atoms with E-state index in [0.29, 0.717) is 0 Å². The summed E-state index contributed by atoms with van der Waals surface area (Å²) in [5.74, 6) is 0.281. The first kappa shape index (κ1) is 13.6. The fraction of sp³-hybridized carbons (Fsp3) is 0.294. The van der Waals surface area contributed by atoms with Crippen LogP contribution in [0, 0.1) is 5.82 Å². The molecule has 20 heavy (non-hydrogen) atoms. The second-order valence-electron chi connectivity index (χ2n) is 5.25. The number of benzene rings is 2. The van der Waals surface area contributed by atoms with Crippen LogP contribution < -0.4 is 5.32 Å². The van der Waals surface area contributed by atoms with Gasteiger partial charge in [-0.1, -0.05) is 48.0 Å². The first-order chi connectivity index (χ1) is 9.77. The fourth-order valence-electron chi connectivity index (χ4n) is 3.11. The molecule has 0 saturated carbocycles. The van der Waals surface area contributed by atoms with Gasteiger partial charge in [0.2, 0.25) is 0 Å². The van der Waals surface area contributed by atoms with Gasteiger partial charge in [-0.25, -0.2) is 4.39 Å². The van der Waals surface area contributed by atoms with Gasteiger partial charge >= 0.3 is 0 Å². The maximum absolute atomic E-state index is 14.1. The Hall–Kier alpha value is -1.38. The molecule has 0 radical (unpaired) electrons. The number of halogens is 2. The third-order valence-corrected chi connectivity index (χ3v) is 4.44. The summed E-state index contributed by atoms with van der Waals surface area (Å²) in [4.78, 5) is 0. The zero-order chi connectivity index (χ0) is 13.9. The molecule has 0 aliphatic carbocycles. The quantitative estimate of drug-likeness (QED) is 0.867. The van der Waals surface area contributed by atoms with E-state index in [2.05, 4.69) is 5.32 Å². The Kier molecular flexibility index (Phi) is 4.04. The molecule has 1 saturated heterocycles. The van der Waals surface area contributed by atoms with Crippen LogP contribution in [0.15, 0.2) is 48.5 Å². The highest BCUT2D eigenvalue weighted by Gasteiger charge is 2.30. The molecule has 0 bridgehead atoms. The first-order valence-electron chi connectivity index (χ1n) is 6.97. The second kappa shape index (κ2) is 5.94. The average Bonchev–Trinajstić information content (AvgIpc) is 2.48. The minimum Gasteiger partial charge on any atom is -0.316 e. The summed E-state index contributed by atoms with van der Waals surface area (Å²) >= 11 is 6.33. The summed E-state index contributed by atoms with van der Waals surface area (Å²) in [5.41, 5.74) is 1.91. The lowest BCUT2D eigenvalue weighted by molar-refractivity contribution is 0.393. The summed E-state index contributed by atoms with van der Waals surface area (Å²) < 4.78 is 14.1. The molecule has 0 amide bonds. The van der Waals surface area contributed by atoms with Crippen LogP contribution in [-0.2, 0) is 0 Å². The molecular weight excluding hydrogens is 273 g/mol. The van der Waals surface area contributed by atoms with Crippen molar-refractivity contribution in [1.82, 2.24) is 5.32 Å². The largest absolute Gasteiger partial charge is 0.316 e. The molecule has 2 atom stereocenters. The average molecular weight is 290 g/mol. The molecule has 3 heteroatoms. The van der Waals surface area contributed by atoms with Crippen molar-refractivity contribution in [2.24, 2.45) is 0 Å². The Bertz CT molecular complexity index is 546. The van der Waals surface area contributed by atoms with Crippen molar-refractivity contribution in [3.8, 4) is 0 Å². The minimum absolute atomic E-state index is 0.114. The monoisotopic (exact) mass is 289 g/mol. The molecule has 2 aromatic carbocycles. The molecular formula is C17H17ClFN. The van der Waals surface area contributed by atoms with Crippen molar-refractivity contribution in [3.05, 3.63) is 70.5 Å². The Balaban J connectivity index is 2.00. The second-order valence-corrected chi connectivity index (χ2v) is 5.66. The number of hydrogen-bond acceptors (Lipinski definition) is 1. The van der Waals surface area contributed by atoms with Crippen LogP contribution in [0.1, 0.15) is 29.4 Å². The number of hydrogen-bond donors (Lipinski definition) is 1. The topological polar surface area (TPSA) is 12.0 Å². The van der Waals surface area contributed by atoms with Crippen LogP contribution in [0.4, 0.5) is 4.39 Å². The molecule has 1 N–H and O–H groups in total. The van der Waals surface area contributed by atoms with E-state index in [9.17, 15) is 4.39 Å².